The Kier molecular flexibility index (Phi) is 61.6. The first-order valence-electron chi connectivity index (χ1n) is 37.2. The van der Waals surface area contributed by atoms with Crippen molar-refractivity contribution in [1.29, 1.82) is 0 Å². The summed E-state index contributed by atoms with van der Waals surface area (Å²) in [7, 11) is -9.92. The van der Waals surface area contributed by atoms with E-state index in [-0.39, 0.29) is 25.7 Å². The van der Waals surface area contributed by atoms with Crippen LogP contribution in [-0.2, 0) is 65.4 Å². The Bertz CT molecular complexity index is 1900. The molecular formula is C73H138O17P2. The van der Waals surface area contributed by atoms with E-state index in [0.29, 0.717) is 25.7 Å². The number of carbonyl (C=O) groups is 4. The summed E-state index contributed by atoms with van der Waals surface area (Å²) in [6, 6.07) is 0. The van der Waals surface area contributed by atoms with Crippen LogP contribution in [0.1, 0.15) is 344 Å². The topological polar surface area (TPSA) is 237 Å². The van der Waals surface area contributed by atoms with E-state index in [2.05, 4.69) is 72.8 Å². The van der Waals surface area contributed by atoms with Gasteiger partial charge < -0.3 is 33.8 Å². The van der Waals surface area contributed by atoms with Gasteiger partial charge >= 0.3 is 39.5 Å². The van der Waals surface area contributed by atoms with Gasteiger partial charge in [-0.3, -0.25) is 37.3 Å². The van der Waals surface area contributed by atoms with Crippen molar-refractivity contribution in [2.24, 2.45) is 17.8 Å². The summed E-state index contributed by atoms with van der Waals surface area (Å²) in [4.78, 5) is 72.7. The molecule has 17 nitrogen and oxygen atoms in total. The lowest BCUT2D eigenvalue weighted by Gasteiger charge is -2.21. The molecule has 4 unspecified atom stereocenters. The largest absolute Gasteiger partial charge is 0.472 e. The minimum Gasteiger partial charge on any atom is -0.462 e. The minimum absolute atomic E-state index is 0.0989. The molecule has 19 heteroatoms. The summed E-state index contributed by atoms with van der Waals surface area (Å²) in [5.41, 5.74) is 0. The number of unbranched alkanes of at least 4 members (excludes halogenated alkanes) is 32. The van der Waals surface area contributed by atoms with Crippen molar-refractivity contribution in [2.75, 3.05) is 39.6 Å². The molecule has 0 radical (unpaired) electrons. The second kappa shape index (κ2) is 63.3. The van der Waals surface area contributed by atoms with E-state index < -0.39 is 97.5 Å². The smallest absolute Gasteiger partial charge is 0.462 e. The van der Waals surface area contributed by atoms with Crippen molar-refractivity contribution in [3.63, 3.8) is 0 Å². The SMILES string of the molecule is CCCCCC/C=C\C=C/CCCCCCCC(=O)OC[C@H](COP(=O)(O)OC[C@@H](O)COP(=O)(O)OC[C@@H](COC(=O)CCCCCCCCC(C)CC)OC(=O)CCCCCCCCCCCCC(C)C)OC(=O)CCCCCCCCCCCCC(C)CC. The number of esters is 4. The molecule has 0 amide bonds. The second-order valence-electron chi connectivity index (χ2n) is 26.6. The van der Waals surface area contributed by atoms with Gasteiger partial charge in [0.25, 0.3) is 0 Å². The molecule has 0 spiro atoms. The number of hydrogen-bond donors (Lipinski definition) is 3. The van der Waals surface area contributed by atoms with Gasteiger partial charge in [0.2, 0.25) is 0 Å². The van der Waals surface area contributed by atoms with Crippen LogP contribution in [0.3, 0.4) is 0 Å². The van der Waals surface area contributed by atoms with Crippen LogP contribution in [0.25, 0.3) is 0 Å². The van der Waals surface area contributed by atoms with Crippen molar-refractivity contribution in [1.82, 2.24) is 0 Å². The molecule has 0 aliphatic carbocycles. The van der Waals surface area contributed by atoms with E-state index in [1.165, 1.54) is 128 Å². The summed E-state index contributed by atoms with van der Waals surface area (Å²) in [6.07, 6.45) is 50.7. The fraction of sp³-hybridized carbons (Fsp3) is 0.890. The lowest BCUT2D eigenvalue weighted by atomic mass is 9.99. The fourth-order valence-electron chi connectivity index (χ4n) is 10.5. The first kappa shape index (κ1) is 89.5. The molecule has 92 heavy (non-hydrogen) atoms. The minimum atomic E-state index is -4.96. The summed E-state index contributed by atoms with van der Waals surface area (Å²) in [5.74, 6) is 0.126. The predicted octanol–water partition coefficient (Wildman–Crippen LogP) is 20.6. The van der Waals surface area contributed by atoms with Crippen molar-refractivity contribution in [2.45, 2.75) is 362 Å². The first-order chi connectivity index (χ1) is 44.3. The zero-order chi connectivity index (χ0) is 68.0. The van der Waals surface area contributed by atoms with E-state index in [0.717, 1.165) is 133 Å². The first-order valence-corrected chi connectivity index (χ1v) is 40.2. The standard InChI is InChI=1S/C73H138O17P2/c1-8-11-12-13-14-15-16-17-18-19-20-27-32-40-47-54-70(75)83-60-68(89-73(78)57-50-43-34-29-24-22-26-31-38-45-52-65(6)9-2)62-87-91(79,80)85-58-67(74)59-86-92(81,82)88-63-69(61-84-71(76)55-48-41-36-35-39-46-53-66(7)10-3)90-72(77)56-49-42-33-28-23-21-25-30-37-44-51-64(4)5/h15-18,64-69,74H,8-14,19-63H2,1-7H3,(H,79,80)(H,81,82)/b16-15-,18-17-/t65?,66?,67-,68-,69-/m1/s1. The van der Waals surface area contributed by atoms with Gasteiger partial charge in [0, 0.05) is 25.7 Å². The number of ether oxygens (including phenoxy) is 4. The lowest BCUT2D eigenvalue weighted by Crippen LogP contribution is -2.30. The Balaban J connectivity index is 5.30. The summed E-state index contributed by atoms with van der Waals surface area (Å²) in [5, 5.41) is 10.6. The number of rotatable bonds is 69. The van der Waals surface area contributed by atoms with Gasteiger partial charge in [-0.2, -0.15) is 0 Å². The molecule has 0 bridgehead atoms. The second-order valence-corrected chi connectivity index (χ2v) is 29.5. The predicted molar refractivity (Wildman–Crippen MR) is 372 cm³/mol. The van der Waals surface area contributed by atoms with Crippen molar-refractivity contribution in [3.05, 3.63) is 24.3 Å². The van der Waals surface area contributed by atoms with Gasteiger partial charge in [-0.1, -0.05) is 291 Å². The fourth-order valence-corrected chi connectivity index (χ4v) is 12.0. The molecule has 7 atom stereocenters. The van der Waals surface area contributed by atoms with Crippen LogP contribution in [-0.4, -0.2) is 96.7 Å². The summed E-state index contributed by atoms with van der Waals surface area (Å²) in [6.45, 7) is 11.8. The van der Waals surface area contributed by atoms with Gasteiger partial charge in [0.1, 0.15) is 19.3 Å². The monoisotopic (exact) mass is 1350 g/mol. The van der Waals surface area contributed by atoms with Crippen LogP contribution in [0.5, 0.6) is 0 Å². The highest BCUT2D eigenvalue weighted by molar-refractivity contribution is 7.47. The Morgan fingerprint density at radius 1 is 0.359 bits per heavy atom. The molecule has 0 rings (SSSR count). The van der Waals surface area contributed by atoms with Crippen LogP contribution in [0.4, 0.5) is 0 Å². The molecule has 0 aromatic heterocycles. The molecule has 542 valence electrons. The van der Waals surface area contributed by atoms with E-state index in [1.54, 1.807) is 0 Å². The molecule has 3 N–H and O–H groups in total. The number of aliphatic hydroxyl groups excluding tert-OH is 1. The number of aliphatic hydroxyl groups is 1. The molecule has 0 aliphatic heterocycles. The van der Waals surface area contributed by atoms with Crippen LogP contribution < -0.4 is 0 Å². The normalized spacial score (nSPS) is 14.9. The molecule has 0 aliphatic rings. The maximum absolute atomic E-state index is 13.0. The third-order valence-electron chi connectivity index (χ3n) is 17.0. The van der Waals surface area contributed by atoms with Gasteiger partial charge in [0.15, 0.2) is 12.2 Å². The average molecular weight is 1350 g/mol. The number of carbonyl (C=O) groups excluding carboxylic acids is 4. The van der Waals surface area contributed by atoms with E-state index in [4.69, 9.17) is 37.0 Å². The maximum atomic E-state index is 13.0. The van der Waals surface area contributed by atoms with Crippen molar-refractivity contribution >= 4 is 39.5 Å². The Labute approximate surface area is 561 Å². The molecule has 0 saturated carbocycles. The molecular weight excluding hydrogens is 1210 g/mol. The summed E-state index contributed by atoms with van der Waals surface area (Å²) >= 11 is 0. The van der Waals surface area contributed by atoms with Gasteiger partial charge in [-0.05, 0) is 69.1 Å². The van der Waals surface area contributed by atoms with Gasteiger partial charge in [-0.15, -0.1) is 0 Å². The van der Waals surface area contributed by atoms with Gasteiger partial charge in [-0.25, -0.2) is 9.13 Å². The molecule has 0 aromatic rings. The highest BCUT2D eigenvalue weighted by Crippen LogP contribution is 2.45. The van der Waals surface area contributed by atoms with Gasteiger partial charge in [0.05, 0.1) is 26.4 Å². The number of phosphoric acid groups is 2. The lowest BCUT2D eigenvalue weighted by molar-refractivity contribution is -0.161. The quantitative estimate of drug-likeness (QED) is 0.0169. The molecule has 0 aromatic carbocycles. The van der Waals surface area contributed by atoms with Crippen LogP contribution in [0.2, 0.25) is 0 Å². The molecule has 0 saturated heterocycles. The zero-order valence-corrected chi connectivity index (χ0v) is 61.3. The third-order valence-corrected chi connectivity index (χ3v) is 18.9. The van der Waals surface area contributed by atoms with Crippen LogP contribution in [0, 0.1) is 17.8 Å². The average Bonchev–Trinajstić information content (AvgIpc) is 1.62. The number of allylic oxidation sites excluding steroid dienone is 4. The number of hydrogen-bond acceptors (Lipinski definition) is 15. The van der Waals surface area contributed by atoms with Crippen molar-refractivity contribution in [3.8, 4) is 0 Å². The van der Waals surface area contributed by atoms with Crippen LogP contribution >= 0.6 is 15.6 Å². The van der Waals surface area contributed by atoms with E-state index in [9.17, 15) is 43.2 Å². The van der Waals surface area contributed by atoms with E-state index in [1.807, 2.05) is 0 Å². The Morgan fingerprint density at radius 2 is 0.641 bits per heavy atom. The third kappa shape index (κ3) is 63.6. The summed E-state index contributed by atoms with van der Waals surface area (Å²) < 4.78 is 68.4. The van der Waals surface area contributed by atoms with Crippen LogP contribution in [0.15, 0.2) is 24.3 Å². The maximum Gasteiger partial charge on any atom is 0.472 e. The zero-order valence-electron chi connectivity index (χ0n) is 59.5. The Hall–Kier alpha value is -2.46. The number of phosphoric ester groups is 2. The van der Waals surface area contributed by atoms with E-state index >= 15 is 0 Å². The molecule has 0 fully saturated rings. The molecule has 0 heterocycles. The Morgan fingerprint density at radius 3 is 0.967 bits per heavy atom. The highest BCUT2D eigenvalue weighted by Gasteiger charge is 2.30. The van der Waals surface area contributed by atoms with Crippen molar-refractivity contribution < 1.29 is 80.2 Å². The highest BCUT2D eigenvalue weighted by atomic mass is 31.2.